The number of rotatable bonds is 5. The summed E-state index contributed by atoms with van der Waals surface area (Å²) in [5.74, 6) is -0.00279. The predicted molar refractivity (Wildman–Crippen MR) is 73.9 cm³/mol. The van der Waals surface area contributed by atoms with Gasteiger partial charge in [0.05, 0.1) is 0 Å². The van der Waals surface area contributed by atoms with Gasteiger partial charge in [0.25, 0.3) is 5.91 Å². The van der Waals surface area contributed by atoms with Crippen LogP contribution in [0.2, 0.25) is 0 Å². The van der Waals surface area contributed by atoms with Crippen molar-refractivity contribution in [2.45, 2.75) is 51.5 Å². The first-order chi connectivity index (χ1) is 9.44. The molecule has 2 fully saturated rings. The Hall–Kier alpha value is -1.59. The van der Waals surface area contributed by atoms with Gasteiger partial charge in [-0.15, -0.1) is 0 Å². The number of urea groups is 1. The highest BCUT2D eigenvalue weighted by atomic mass is 16.2. The summed E-state index contributed by atoms with van der Waals surface area (Å²) in [5.41, 5.74) is -0.727. The molecule has 0 aromatic heterocycles. The van der Waals surface area contributed by atoms with E-state index in [2.05, 4.69) is 24.5 Å². The van der Waals surface area contributed by atoms with Crippen LogP contribution in [0.3, 0.4) is 0 Å². The molecule has 0 atom stereocenters. The molecule has 4 amide bonds. The molecule has 0 aromatic rings. The van der Waals surface area contributed by atoms with Crippen LogP contribution in [0.15, 0.2) is 0 Å². The van der Waals surface area contributed by atoms with Crippen molar-refractivity contribution in [3.05, 3.63) is 0 Å². The minimum absolute atomic E-state index is 0.176. The molecule has 0 aromatic carbocycles. The van der Waals surface area contributed by atoms with Gasteiger partial charge in [0.15, 0.2) is 0 Å². The van der Waals surface area contributed by atoms with Gasteiger partial charge in [0, 0.05) is 6.54 Å². The van der Waals surface area contributed by atoms with E-state index in [4.69, 9.17) is 0 Å². The molecular formula is C14H23N3O3. The van der Waals surface area contributed by atoms with Crippen molar-refractivity contribution < 1.29 is 14.4 Å². The van der Waals surface area contributed by atoms with Crippen molar-refractivity contribution >= 4 is 17.8 Å². The Morgan fingerprint density at radius 2 is 2.00 bits per heavy atom. The fourth-order valence-electron chi connectivity index (χ4n) is 2.84. The maximum absolute atomic E-state index is 12.3. The lowest BCUT2D eigenvalue weighted by molar-refractivity contribution is -0.134. The zero-order chi connectivity index (χ0) is 14.8. The Bertz CT molecular complexity index is 414. The Morgan fingerprint density at radius 3 is 2.60 bits per heavy atom. The smallest absolute Gasteiger partial charge is 0.325 e. The lowest BCUT2D eigenvalue weighted by atomic mass is 9.98. The number of hydrogen-bond donors (Lipinski definition) is 2. The highest BCUT2D eigenvalue weighted by Crippen LogP contribution is 2.34. The van der Waals surface area contributed by atoms with Gasteiger partial charge in [-0.3, -0.25) is 14.5 Å². The van der Waals surface area contributed by atoms with Crippen LogP contribution in [-0.2, 0) is 9.59 Å². The van der Waals surface area contributed by atoms with Crippen LogP contribution in [0.25, 0.3) is 0 Å². The number of nitrogens with one attached hydrogen (secondary N) is 2. The van der Waals surface area contributed by atoms with E-state index in [0.29, 0.717) is 25.3 Å². The third kappa shape index (κ3) is 2.94. The molecule has 20 heavy (non-hydrogen) atoms. The summed E-state index contributed by atoms with van der Waals surface area (Å²) < 4.78 is 0. The van der Waals surface area contributed by atoms with E-state index in [1.54, 1.807) is 0 Å². The highest BCUT2D eigenvalue weighted by Gasteiger charge is 2.52. The number of hydrogen-bond acceptors (Lipinski definition) is 3. The van der Waals surface area contributed by atoms with Crippen LogP contribution < -0.4 is 10.6 Å². The van der Waals surface area contributed by atoms with E-state index in [1.165, 1.54) is 0 Å². The molecule has 112 valence electrons. The highest BCUT2D eigenvalue weighted by molar-refractivity contribution is 6.09. The molecule has 1 saturated heterocycles. The van der Waals surface area contributed by atoms with E-state index in [9.17, 15) is 14.4 Å². The third-order valence-electron chi connectivity index (χ3n) is 4.05. The van der Waals surface area contributed by atoms with Gasteiger partial charge < -0.3 is 10.6 Å². The van der Waals surface area contributed by atoms with E-state index in [1.807, 2.05) is 0 Å². The number of amides is 4. The molecule has 2 N–H and O–H groups in total. The summed E-state index contributed by atoms with van der Waals surface area (Å²) in [6, 6.07) is -0.434. The number of imide groups is 1. The molecule has 1 saturated carbocycles. The molecular weight excluding hydrogens is 258 g/mol. The molecule has 1 aliphatic carbocycles. The molecule has 1 aliphatic heterocycles. The zero-order valence-electron chi connectivity index (χ0n) is 12.2. The van der Waals surface area contributed by atoms with E-state index < -0.39 is 11.6 Å². The molecule has 6 heteroatoms. The summed E-state index contributed by atoms with van der Waals surface area (Å²) in [6.07, 6.45) is 4.14. The lowest BCUT2D eigenvalue weighted by Crippen LogP contribution is -2.45. The standard InChI is InChI=1S/C14H23N3O3/c1-10(2)5-8-15-11(18)9-17-12(19)14(16-13(17)20)6-3-4-7-14/h10H,3-9H2,1-2H3,(H,15,18)(H,16,20). The summed E-state index contributed by atoms with van der Waals surface area (Å²) in [7, 11) is 0. The number of carbonyl (C=O) groups excluding carboxylic acids is 3. The van der Waals surface area contributed by atoms with Crippen LogP contribution in [-0.4, -0.2) is 41.4 Å². The molecule has 2 rings (SSSR count). The molecule has 0 radical (unpaired) electrons. The van der Waals surface area contributed by atoms with Gasteiger partial charge in [-0.2, -0.15) is 0 Å². The average Bonchev–Trinajstić information content (AvgIpc) is 2.91. The summed E-state index contributed by atoms with van der Waals surface area (Å²) in [6.45, 7) is 4.55. The predicted octanol–water partition coefficient (Wildman–Crippen LogP) is 1.01. The van der Waals surface area contributed by atoms with Crippen LogP contribution in [0.4, 0.5) is 4.79 Å². The Morgan fingerprint density at radius 1 is 1.35 bits per heavy atom. The maximum atomic E-state index is 12.3. The van der Waals surface area contributed by atoms with Crippen LogP contribution in [0.5, 0.6) is 0 Å². The molecule has 2 aliphatic rings. The number of nitrogens with zero attached hydrogens (tertiary/aromatic N) is 1. The minimum Gasteiger partial charge on any atom is -0.355 e. The largest absolute Gasteiger partial charge is 0.355 e. The van der Waals surface area contributed by atoms with Crippen LogP contribution >= 0.6 is 0 Å². The maximum Gasteiger partial charge on any atom is 0.325 e. The molecule has 0 unspecified atom stereocenters. The SMILES string of the molecule is CC(C)CCNC(=O)CN1C(=O)NC2(CCCC2)C1=O. The van der Waals surface area contributed by atoms with Crippen LogP contribution in [0, 0.1) is 5.92 Å². The number of carbonyl (C=O) groups is 3. The van der Waals surface area contributed by atoms with Crippen molar-refractivity contribution in [1.29, 1.82) is 0 Å². The average molecular weight is 281 g/mol. The van der Waals surface area contributed by atoms with Crippen molar-refractivity contribution in [3.63, 3.8) is 0 Å². The van der Waals surface area contributed by atoms with Crippen molar-refractivity contribution in [1.82, 2.24) is 15.5 Å². The minimum atomic E-state index is -0.727. The Kier molecular flexibility index (Phi) is 4.30. The first kappa shape index (κ1) is 14.8. The first-order valence-electron chi connectivity index (χ1n) is 7.35. The second-order valence-corrected chi connectivity index (χ2v) is 6.14. The van der Waals surface area contributed by atoms with E-state index in [0.717, 1.165) is 24.2 Å². The lowest BCUT2D eigenvalue weighted by Gasteiger charge is -2.19. The second-order valence-electron chi connectivity index (χ2n) is 6.14. The Balaban J connectivity index is 1.88. The zero-order valence-corrected chi connectivity index (χ0v) is 12.2. The van der Waals surface area contributed by atoms with Crippen LogP contribution in [0.1, 0.15) is 46.0 Å². The summed E-state index contributed by atoms with van der Waals surface area (Å²) in [4.78, 5) is 37.0. The van der Waals surface area contributed by atoms with Crippen molar-refractivity contribution in [3.8, 4) is 0 Å². The van der Waals surface area contributed by atoms with Gasteiger partial charge in [-0.05, 0) is 25.2 Å². The quantitative estimate of drug-likeness (QED) is 0.738. The summed E-state index contributed by atoms with van der Waals surface area (Å²) in [5, 5.41) is 5.51. The molecule has 1 spiro atoms. The molecule has 6 nitrogen and oxygen atoms in total. The topological polar surface area (TPSA) is 78.5 Å². The van der Waals surface area contributed by atoms with E-state index in [-0.39, 0.29) is 18.4 Å². The fraction of sp³-hybridized carbons (Fsp3) is 0.786. The first-order valence-corrected chi connectivity index (χ1v) is 7.35. The monoisotopic (exact) mass is 281 g/mol. The van der Waals surface area contributed by atoms with Gasteiger partial charge in [0.2, 0.25) is 5.91 Å². The van der Waals surface area contributed by atoms with E-state index >= 15 is 0 Å². The van der Waals surface area contributed by atoms with Gasteiger partial charge in [-0.1, -0.05) is 26.7 Å². The Labute approximate surface area is 119 Å². The van der Waals surface area contributed by atoms with Gasteiger partial charge >= 0.3 is 6.03 Å². The second kappa shape index (κ2) is 5.81. The fourth-order valence-corrected chi connectivity index (χ4v) is 2.84. The summed E-state index contributed by atoms with van der Waals surface area (Å²) >= 11 is 0. The molecule has 1 heterocycles. The van der Waals surface area contributed by atoms with Crippen molar-refractivity contribution in [2.75, 3.05) is 13.1 Å². The molecule has 0 bridgehead atoms. The normalized spacial score (nSPS) is 20.9. The van der Waals surface area contributed by atoms with Gasteiger partial charge in [-0.25, -0.2) is 4.79 Å². The van der Waals surface area contributed by atoms with Gasteiger partial charge in [0.1, 0.15) is 12.1 Å². The third-order valence-corrected chi connectivity index (χ3v) is 4.05. The van der Waals surface area contributed by atoms with Crippen molar-refractivity contribution in [2.24, 2.45) is 5.92 Å².